The van der Waals surface area contributed by atoms with Crippen molar-refractivity contribution >= 4 is 50.3 Å². The van der Waals surface area contributed by atoms with E-state index in [4.69, 9.17) is 28.6 Å². The second kappa shape index (κ2) is 9.65. The quantitative estimate of drug-likeness (QED) is 0.547. The smallest absolute Gasteiger partial charge is 0.264 e. The van der Waals surface area contributed by atoms with Crippen LogP contribution in [0, 0.1) is 0 Å². The molecule has 0 spiro atoms. The van der Waals surface area contributed by atoms with E-state index in [1.54, 1.807) is 36.4 Å². The van der Waals surface area contributed by atoms with Crippen LogP contribution in [-0.4, -0.2) is 26.7 Å². The average molecular weight is 454 g/mol. The summed E-state index contributed by atoms with van der Waals surface area (Å²) in [7, 11) is -2.40. The van der Waals surface area contributed by atoms with Crippen molar-refractivity contribution in [1.29, 1.82) is 0 Å². The molecule has 0 amide bonds. The van der Waals surface area contributed by atoms with Crippen molar-refractivity contribution in [3.8, 4) is 5.75 Å². The van der Waals surface area contributed by atoms with Crippen LogP contribution in [0.3, 0.4) is 0 Å². The summed E-state index contributed by atoms with van der Waals surface area (Å²) in [4.78, 5) is 0.0413. The molecular weight excluding hydrogens is 430 g/mol. The Hall–Kier alpha value is -2.03. The lowest BCUT2D eigenvalue weighted by atomic mass is 9.96. The summed E-state index contributed by atoms with van der Waals surface area (Å²) in [5.74, 6) is 0.429. The third kappa shape index (κ3) is 5.98. The van der Waals surface area contributed by atoms with E-state index < -0.39 is 10.0 Å². The molecule has 3 rings (SSSR count). The first-order valence-corrected chi connectivity index (χ1v) is 11.7. The third-order valence-corrected chi connectivity index (χ3v) is 6.66. The maximum atomic E-state index is 13.0. The van der Waals surface area contributed by atoms with Crippen molar-refractivity contribution in [2.45, 2.75) is 43.0 Å². The first kappa shape index (κ1) is 21.7. The van der Waals surface area contributed by atoms with E-state index in [2.05, 4.69) is 15.4 Å². The maximum Gasteiger partial charge on any atom is 0.264 e. The number of hydrogen-bond acceptors (Lipinski definition) is 4. The monoisotopic (exact) mass is 453 g/mol. The summed E-state index contributed by atoms with van der Waals surface area (Å²) in [5.41, 5.74) is 0.784. The topological polar surface area (TPSA) is 79.5 Å². The highest BCUT2D eigenvalue weighted by Gasteiger charge is 2.22. The van der Waals surface area contributed by atoms with Crippen LogP contribution < -0.4 is 20.1 Å². The summed E-state index contributed by atoms with van der Waals surface area (Å²) in [6.07, 6.45) is 5.72. The van der Waals surface area contributed by atoms with Crippen LogP contribution in [0.25, 0.3) is 0 Å². The van der Waals surface area contributed by atoms with Gasteiger partial charge in [-0.05, 0) is 61.5 Å². The Bertz CT molecular complexity index is 959. The molecule has 1 saturated carbocycles. The van der Waals surface area contributed by atoms with Crippen molar-refractivity contribution in [3.05, 3.63) is 47.5 Å². The molecule has 6 nitrogen and oxygen atoms in total. The fourth-order valence-corrected chi connectivity index (χ4v) is 4.91. The summed E-state index contributed by atoms with van der Waals surface area (Å²) < 4.78 is 33.9. The maximum absolute atomic E-state index is 13.0. The fourth-order valence-electron chi connectivity index (χ4n) is 3.27. The SMILES string of the molecule is COc1ccc(NC(=S)NC2CCCCC2)c(S(=O)(=O)Nc2ccc(Cl)cc2)c1. The number of nitrogens with one attached hydrogen (secondary N) is 3. The summed E-state index contributed by atoms with van der Waals surface area (Å²) >= 11 is 11.3. The van der Waals surface area contributed by atoms with Gasteiger partial charge in [-0.1, -0.05) is 30.9 Å². The molecule has 0 aromatic heterocycles. The zero-order chi connectivity index (χ0) is 20.9. The Morgan fingerprint density at radius 2 is 1.79 bits per heavy atom. The number of anilines is 2. The molecule has 0 atom stereocenters. The van der Waals surface area contributed by atoms with Crippen molar-refractivity contribution in [3.63, 3.8) is 0 Å². The van der Waals surface area contributed by atoms with Crippen LogP contribution >= 0.6 is 23.8 Å². The van der Waals surface area contributed by atoms with Gasteiger partial charge < -0.3 is 15.4 Å². The zero-order valence-corrected chi connectivity index (χ0v) is 18.5. The van der Waals surface area contributed by atoms with Crippen LogP contribution in [0.15, 0.2) is 47.4 Å². The summed E-state index contributed by atoms with van der Waals surface area (Å²) in [5, 5.41) is 7.26. The number of benzene rings is 2. The van der Waals surface area contributed by atoms with Gasteiger partial charge in [-0.2, -0.15) is 0 Å². The van der Waals surface area contributed by atoms with Gasteiger partial charge in [0.15, 0.2) is 5.11 Å². The van der Waals surface area contributed by atoms with E-state index in [9.17, 15) is 8.42 Å². The zero-order valence-electron chi connectivity index (χ0n) is 16.1. The van der Waals surface area contributed by atoms with Crippen molar-refractivity contribution in [2.24, 2.45) is 0 Å². The summed E-state index contributed by atoms with van der Waals surface area (Å²) in [6, 6.07) is 11.5. The second-order valence-electron chi connectivity index (χ2n) is 6.91. The number of hydrogen-bond donors (Lipinski definition) is 3. The molecular formula is C20H24ClN3O3S2. The van der Waals surface area contributed by atoms with Gasteiger partial charge >= 0.3 is 0 Å². The highest BCUT2D eigenvalue weighted by atomic mass is 35.5. The molecule has 156 valence electrons. The molecule has 3 N–H and O–H groups in total. The molecule has 2 aromatic carbocycles. The van der Waals surface area contributed by atoms with Gasteiger partial charge in [-0.25, -0.2) is 8.42 Å². The first-order chi connectivity index (χ1) is 13.9. The Morgan fingerprint density at radius 1 is 1.10 bits per heavy atom. The lowest BCUT2D eigenvalue weighted by Gasteiger charge is -2.25. The molecule has 29 heavy (non-hydrogen) atoms. The molecule has 0 aliphatic heterocycles. The van der Waals surface area contributed by atoms with Gasteiger partial charge in [0, 0.05) is 22.8 Å². The Balaban J connectivity index is 1.82. The van der Waals surface area contributed by atoms with E-state index in [1.807, 2.05) is 0 Å². The van der Waals surface area contributed by atoms with Crippen LogP contribution in [0.1, 0.15) is 32.1 Å². The lowest BCUT2D eigenvalue weighted by Crippen LogP contribution is -2.39. The number of sulfonamides is 1. The van der Waals surface area contributed by atoms with Crippen LogP contribution in [0.4, 0.5) is 11.4 Å². The predicted molar refractivity (Wildman–Crippen MR) is 121 cm³/mol. The van der Waals surface area contributed by atoms with Crippen LogP contribution in [0.5, 0.6) is 5.75 Å². The predicted octanol–water partition coefficient (Wildman–Crippen LogP) is 4.77. The Morgan fingerprint density at radius 3 is 2.45 bits per heavy atom. The number of rotatable bonds is 6. The van der Waals surface area contributed by atoms with E-state index in [0.717, 1.165) is 12.8 Å². The van der Waals surface area contributed by atoms with Crippen molar-refractivity contribution in [1.82, 2.24) is 5.32 Å². The number of methoxy groups -OCH3 is 1. The molecule has 0 bridgehead atoms. The highest BCUT2D eigenvalue weighted by molar-refractivity contribution is 7.93. The van der Waals surface area contributed by atoms with E-state index in [1.165, 1.54) is 32.4 Å². The van der Waals surface area contributed by atoms with Crippen molar-refractivity contribution < 1.29 is 13.2 Å². The molecule has 0 unspecified atom stereocenters. The molecule has 0 heterocycles. The van der Waals surface area contributed by atoms with Crippen molar-refractivity contribution in [2.75, 3.05) is 17.1 Å². The molecule has 2 aromatic rings. The van der Waals surface area contributed by atoms with Gasteiger partial charge in [0.25, 0.3) is 10.0 Å². The summed E-state index contributed by atoms with van der Waals surface area (Å²) in [6.45, 7) is 0. The van der Waals surface area contributed by atoms with Gasteiger partial charge in [0.2, 0.25) is 0 Å². The second-order valence-corrected chi connectivity index (χ2v) is 9.40. The van der Waals surface area contributed by atoms with Gasteiger partial charge in [-0.3, -0.25) is 4.72 Å². The fraction of sp³-hybridized carbons (Fsp3) is 0.350. The van der Waals surface area contributed by atoms with E-state index in [0.29, 0.717) is 33.3 Å². The normalized spacial score (nSPS) is 14.8. The van der Waals surface area contributed by atoms with E-state index >= 15 is 0 Å². The minimum absolute atomic E-state index is 0.0413. The molecule has 0 saturated heterocycles. The minimum atomic E-state index is -3.89. The number of ether oxygens (including phenoxy) is 1. The third-order valence-electron chi connectivity index (χ3n) is 4.76. The van der Waals surface area contributed by atoms with Crippen LogP contribution in [-0.2, 0) is 10.0 Å². The molecule has 1 aliphatic rings. The molecule has 1 aliphatic carbocycles. The lowest BCUT2D eigenvalue weighted by molar-refractivity contribution is 0.413. The molecule has 0 radical (unpaired) electrons. The number of thiocarbonyl (C=S) groups is 1. The van der Waals surface area contributed by atoms with E-state index in [-0.39, 0.29) is 4.90 Å². The highest BCUT2D eigenvalue weighted by Crippen LogP contribution is 2.29. The first-order valence-electron chi connectivity index (χ1n) is 9.41. The van der Waals surface area contributed by atoms with Gasteiger partial charge in [0.05, 0.1) is 12.8 Å². The van der Waals surface area contributed by atoms with Gasteiger partial charge in [-0.15, -0.1) is 0 Å². The molecule has 9 heteroatoms. The Kier molecular flexibility index (Phi) is 7.21. The minimum Gasteiger partial charge on any atom is -0.497 e. The Labute approximate surface area is 182 Å². The average Bonchev–Trinajstić information content (AvgIpc) is 2.70. The standard InChI is InChI=1S/C20H24ClN3O3S2/c1-27-17-11-12-18(23-20(28)22-15-5-3-2-4-6-15)19(13-17)29(25,26)24-16-9-7-14(21)8-10-16/h7-13,15,24H,2-6H2,1H3,(H2,22,23,28). The molecule has 1 fully saturated rings. The van der Waals surface area contributed by atoms with Crippen LogP contribution in [0.2, 0.25) is 5.02 Å². The number of halogens is 1. The van der Waals surface area contributed by atoms with Gasteiger partial charge in [0.1, 0.15) is 10.6 Å². The largest absolute Gasteiger partial charge is 0.497 e.